The Bertz CT molecular complexity index is 240. The van der Waals surface area contributed by atoms with Gasteiger partial charge in [0, 0.05) is 5.92 Å². The molecule has 1 heterocycles. The van der Waals surface area contributed by atoms with Gasteiger partial charge in [-0.2, -0.15) is 4.80 Å². The van der Waals surface area contributed by atoms with Gasteiger partial charge in [0.2, 0.25) is 0 Å². The minimum atomic E-state index is 0. The van der Waals surface area contributed by atoms with Crippen LogP contribution in [0.2, 0.25) is 0 Å². The van der Waals surface area contributed by atoms with Crippen LogP contribution in [0.1, 0.15) is 46.9 Å². The van der Waals surface area contributed by atoms with Crippen LogP contribution in [0.15, 0.2) is 0 Å². The maximum Gasteiger partial charge on any atom is 0.177 e. The second-order valence-electron chi connectivity index (χ2n) is 3.75. The zero-order valence-corrected chi connectivity index (χ0v) is 8.15. The summed E-state index contributed by atoms with van der Waals surface area (Å²) >= 11 is 0. The first-order chi connectivity index (χ1) is 5.59. The van der Waals surface area contributed by atoms with Crippen molar-refractivity contribution in [2.24, 2.45) is 5.92 Å². The van der Waals surface area contributed by atoms with Crippen LogP contribution in [0, 0.1) is 5.92 Å². The first kappa shape index (κ1) is 12.1. The van der Waals surface area contributed by atoms with E-state index in [-0.39, 0.29) is 7.43 Å². The van der Waals surface area contributed by atoms with E-state index >= 15 is 0 Å². The minimum Gasteiger partial charge on any atom is -0.164 e. The van der Waals surface area contributed by atoms with E-state index in [9.17, 15) is 0 Å². The van der Waals surface area contributed by atoms with Crippen molar-refractivity contribution in [3.05, 3.63) is 5.82 Å². The first-order valence-corrected chi connectivity index (χ1v) is 4.37. The summed E-state index contributed by atoms with van der Waals surface area (Å²) in [6.45, 7) is 9.25. The fourth-order valence-electron chi connectivity index (χ4n) is 0.891. The normalized spacial score (nSPS) is 10.6. The van der Waals surface area contributed by atoms with Crippen molar-refractivity contribution >= 4 is 0 Å². The van der Waals surface area contributed by atoms with Gasteiger partial charge in [0.05, 0.1) is 6.54 Å². The molecule has 0 N–H and O–H groups in total. The Morgan fingerprint density at radius 3 is 2.23 bits per heavy atom. The molecule has 0 aliphatic heterocycles. The van der Waals surface area contributed by atoms with Crippen molar-refractivity contribution in [1.29, 1.82) is 0 Å². The standard InChI is InChI=1S/C8H16N4.CH4/c1-6(2)5-12-10-8(7(3)4)9-11-12;/h6-7H,5H2,1-4H3;1H4. The molecule has 0 aliphatic carbocycles. The Balaban J connectivity index is 0.00000144. The molecule has 0 unspecified atom stereocenters. The molecule has 0 aromatic carbocycles. The maximum atomic E-state index is 4.24. The summed E-state index contributed by atoms with van der Waals surface area (Å²) in [6, 6.07) is 0. The van der Waals surface area contributed by atoms with Crippen LogP contribution in [-0.4, -0.2) is 20.2 Å². The van der Waals surface area contributed by atoms with Crippen LogP contribution in [0.4, 0.5) is 0 Å². The molecule has 0 saturated heterocycles. The van der Waals surface area contributed by atoms with Crippen molar-refractivity contribution < 1.29 is 0 Å². The highest BCUT2D eigenvalue weighted by molar-refractivity contribution is 4.84. The lowest BCUT2D eigenvalue weighted by molar-refractivity contribution is 0.428. The van der Waals surface area contributed by atoms with E-state index in [0.717, 1.165) is 12.4 Å². The molecule has 0 bridgehead atoms. The quantitative estimate of drug-likeness (QED) is 0.722. The molecule has 4 nitrogen and oxygen atoms in total. The Hall–Kier alpha value is -0.930. The van der Waals surface area contributed by atoms with Crippen molar-refractivity contribution in [2.45, 2.75) is 47.6 Å². The number of aromatic nitrogens is 4. The van der Waals surface area contributed by atoms with Gasteiger partial charge in [0.1, 0.15) is 0 Å². The van der Waals surface area contributed by atoms with Gasteiger partial charge in [0.15, 0.2) is 5.82 Å². The van der Waals surface area contributed by atoms with E-state index in [1.807, 2.05) is 0 Å². The largest absolute Gasteiger partial charge is 0.177 e. The van der Waals surface area contributed by atoms with Crippen LogP contribution in [0.25, 0.3) is 0 Å². The molecular formula is C9H20N4. The summed E-state index contributed by atoms with van der Waals surface area (Å²) in [6.07, 6.45) is 0. The van der Waals surface area contributed by atoms with E-state index in [1.165, 1.54) is 0 Å². The van der Waals surface area contributed by atoms with Gasteiger partial charge in [-0.15, -0.1) is 10.2 Å². The van der Waals surface area contributed by atoms with Gasteiger partial charge in [-0.25, -0.2) is 0 Å². The molecule has 0 atom stereocenters. The summed E-state index contributed by atoms with van der Waals surface area (Å²) in [4.78, 5) is 1.67. The van der Waals surface area contributed by atoms with E-state index in [0.29, 0.717) is 11.8 Å². The Morgan fingerprint density at radius 2 is 1.85 bits per heavy atom. The average molecular weight is 184 g/mol. The molecule has 1 aromatic rings. The fraction of sp³-hybridized carbons (Fsp3) is 0.889. The van der Waals surface area contributed by atoms with Gasteiger partial charge in [-0.3, -0.25) is 0 Å². The van der Waals surface area contributed by atoms with Gasteiger partial charge >= 0.3 is 0 Å². The average Bonchev–Trinajstić information content (AvgIpc) is 2.34. The molecule has 0 spiro atoms. The molecule has 0 amide bonds. The van der Waals surface area contributed by atoms with Crippen LogP contribution >= 0.6 is 0 Å². The number of rotatable bonds is 3. The van der Waals surface area contributed by atoms with Gasteiger partial charge < -0.3 is 0 Å². The first-order valence-electron chi connectivity index (χ1n) is 4.37. The smallest absolute Gasteiger partial charge is 0.164 e. The zero-order chi connectivity index (χ0) is 9.14. The maximum absolute atomic E-state index is 4.24. The fourth-order valence-corrected chi connectivity index (χ4v) is 0.891. The number of hydrogen-bond acceptors (Lipinski definition) is 3. The predicted octanol–water partition coefficient (Wildman–Crippen LogP) is 2.09. The summed E-state index contributed by atoms with van der Waals surface area (Å²) in [5.41, 5.74) is 0. The monoisotopic (exact) mass is 184 g/mol. The van der Waals surface area contributed by atoms with Crippen molar-refractivity contribution in [3.8, 4) is 0 Å². The van der Waals surface area contributed by atoms with Crippen LogP contribution in [0.5, 0.6) is 0 Å². The van der Waals surface area contributed by atoms with E-state index in [1.54, 1.807) is 4.80 Å². The SMILES string of the molecule is C.CC(C)Cn1nnc(C(C)C)n1. The molecule has 4 heteroatoms. The molecule has 0 saturated carbocycles. The van der Waals surface area contributed by atoms with Crippen molar-refractivity contribution in [3.63, 3.8) is 0 Å². The third-order valence-electron chi connectivity index (χ3n) is 1.51. The van der Waals surface area contributed by atoms with Crippen molar-refractivity contribution in [2.75, 3.05) is 0 Å². The number of tetrazole rings is 1. The molecule has 0 fully saturated rings. The third kappa shape index (κ3) is 3.53. The lowest BCUT2D eigenvalue weighted by atomic mass is 10.2. The third-order valence-corrected chi connectivity index (χ3v) is 1.51. The van der Waals surface area contributed by atoms with Crippen LogP contribution in [0.3, 0.4) is 0 Å². The van der Waals surface area contributed by atoms with E-state index in [4.69, 9.17) is 0 Å². The van der Waals surface area contributed by atoms with E-state index in [2.05, 4.69) is 43.1 Å². The minimum absolute atomic E-state index is 0. The number of hydrogen-bond donors (Lipinski definition) is 0. The highest BCUT2D eigenvalue weighted by Gasteiger charge is 2.06. The second-order valence-corrected chi connectivity index (χ2v) is 3.75. The highest BCUT2D eigenvalue weighted by Crippen LogP contribution is 2.06. The van der Waals surface area contributed by atoms with Crippen molar-refractivity contribution in [1.82, 2.24) is 20.2 Å². The predicted molar refractivity (Wildman–Crippen MR) is 53.5 cm³/mol. The second kappa shape index (κ2) is 4.94. The van der Waals surface area contributed by atoms with Gasteiger partial charge in [-0.05, 0) is 11.1 Å². The zero-order valence-electron chi connectivity index (χ0n) is 8.15. The van der Waals surface area contributed by atoms with Crippen LogP contribution < -0.4 is 0 Å². The summed E-state index contributed by atoms with van der Waals surface area (Å²) in [7, 11) is 0. The topological polar surface area (TPSA) is 43.6 Å². The lowest BCUT2D eigenvalue weighted by Crippen LogP contribution is -2.08. The summed E-state index contributed by atoms with van der Waals surface area (Å²) in [5, 5.41) is 12.1. The Labute approximate surface area is 80.3 Å². The molecule has 0 aliphatic rings. The highest BCUT2D eigenvalue weighted by atomic mass is 15.6. The summed E-state index contributed by atoms with van der Waals surface area (Å²) < 4.78 is 0. The lowest BCUT2D eigenvalue weighted by Gasteiger charge is -2.00. The molecule has 0 radical (unpaired) electrons. The molecule has 1 rings (SSSR count). The molecule has 1 aromatic heterocycles. The molecule has 13 heavy (non-hydrogen) atoms. The number of nitrogens with zero attached hydrogens (tertiary/aromatic N) is 4. The van der Waals surface area contributed by atoms with Gasteiger partial charge in [-0.1, -0.05) is 35.1 Å². The van der Waals surface area contributed by atoms with Gasteiger partial charge in [0.25, 0.3) is 0 Å². The molecule has 76 valence electrons. The Morgan fingerprint density at radius 1 is 1.23 bits per heavy atom. The Kier molecular flexibility index (Phi) is 4.59. The summed E-state index contributed by atoms with van der Waals surface area (Å²) in [5.74, 6) is 1.76. The van der Waals surface area contributed by atoms with E-state index < -0.39 is 0 Å². The van der Waals surface area contributed by atoms with Crippen LogP contribution in [-0.2, 0) is 6.54 Å². The molecular weight excluding hydrogens is 164 g/mol.